The zero-order valence-electron chi connectivity index (χ0n) is 19.6. The second kappa shape index (κ2) is 9.26. The number of ether oxygens (including phenoxy) is 2. The fourth-order valence-electron chi connectivity index (χ4n) is 4.49. The summed E-state index contributed by atoms with van der Waals surface area (Å²) in [6.07, 6.45) is -1.97. The van der Waals surface area contributed by atoms with Gasteiger partial charge in [-0.3, -0.25) is 9.89 Å². The lowest BCUT2D eigenvalue weighted by Gasteiger charge is -2.22. The Hall–Kier alpha value is -3.35. The van der Waals surface area contributed by atoms with E-state index in [-0.39, 0.29) is 42.2 Å². The minimum absolute atomic E-state index is 0.0302. The first-order valence-corrected chi connectivity index (χ1v) is 11.8. The SMILES string of the molecule is CC1(NC(=O)O[C@@H]2CO[C@H](c3cc(NC(=O)[C@H]4CCN(c5cccnc5C(F)(F)F)C4)n[nH]3)C2)CC1. The molecule has 0 aromatic carbocycles. The Bertz CT molecular complexity index is 1140. The molecule has 0 spiro atoms. The maximum atomic E-state index is 13.3. The topological polar surface area (TPSA) is 121 Å². The third-order valence-corrected chi connectivity index (χ3v) is 6.79. The van der Waals surface area contributed by atoms with E-state index in [4.69, 9.17) is 9.47 Å². The van der Waals surface area contributed by atoms with Gasteiger partial charge in [0.25, 0.3) is 0 Å². The van der Waals surface area contributed by atoms with Crippen molar-refractivity contribution in [2.75, 3.05) is 29.9 Å². The monoisotopic (exact) mass is 508 g/mol. The Morgan fingerprint density at radius 2 is 2.14 bits per heavy atom. The van der Waals surface area contributed by atoms with Crippen molar-refractivity contribution < 1.29 is 32.2 Å². The Kier molecular flexibility index (Phi) is 6.27. The fraction of sp³-hybridized carbons (Fsp3) is 0.565. The van der Waals surface area contributed by atoms with Crippen LogP contribution in [0.5, 0.6) is 0 Å². The van der Waals surface area contributed by atoms with Gasteiger partial charge < -0.3 is 25.0 Å². The third-order valence-electron chi connectivity index (χ3n) is 6.79. The number of H-pyrrole nitrogens is 1. The summed E-state index contributed by atoms with van der Waals surface area (Å²) in [7, 11) is 0. The predicted octanol–water partition coefficient (Wildman–Crippen LogP) is 3.40. The predicted molar refractivity (Wildman–Crippen MR) is 121 cm³/mol. The summed E-state index contributed by atoms with van der Waals surface area (Å²) >= 11 is 0. The maximum absolute atomic E-state index is 13.3. The molecule has 2 amide bonds. The largest absolute Gasteiger partial charge is 0.444 e. The molecule has 2 aromatic heterocycles. The molecule has 4 heterocycles. The van der Waals surface area contributed by atoms with Crippen molar-refractivity contribution in [2.45, 2.75) is 56.5 Å². The molecule has 0 bridgehead atoms. The molecule has 2 saturated heterocycles. The van der Waals surface area contributed by atoms with Crippen LogP contribution in [0.4, 0.5) is 29.5 Å². The van der Waals surface area contributed by atoms with Gasteiger partial charge >= 0.3 is 12.3 Å². The van der Waals surface area contributed by atoms with Crippen molar-refractivity contribution in [1.82, 2.24) is 20.5 Å². The van der Waals surface area contributed by atoms with Gasteiger partial charge in [0.1, 0.15) is 12.2 Å². The van der Waals surface area contributed by atoms with Crippen molar-refractivity contribution >= 4 is 23.5 Å². The van der Waals surface area contributed by atoms with Gasteiger partial charge in [-0.15, -0.1) is 0 Å². The first-order chi connectivity index (χ1) is 17.1. The Morgan fingerprint density at radius 3 is 2.89 bits per heavy atom. The van der Waals surface area contributed by atoms with Crippen LogP contribution in [0, 0.1) is 5.92 Å². The number of rotatable bonds is 6. The molecule has 13 heteroatoms. The number of alkyl halides is 3. The van der Waals surface area contributed by atoms with E-state index in [1.54, 1.807) is 6.07 Å². The number of carbonyl (C=O) groups is 2. The number of halogens is 3. The van der Waals surface area contributed by atoms with Crippen LogP contribution < -0.4 is 15.5 Å². The summed E-state index contributed by atoms with van der Waals surface area (Å²) in [5.74, 6) is -0.538. The molecule has 2 aromatic rings. The van der Waals surface area contributed by atoms with Crippen LogP contribution in [0.2, 0.25) is 0 Å². The van der Waals surface area contributed by atoms with E-state index in [9.17, 15) is 22.8 Å². The first-order valence-electron chi connectivity index (χ1n) is 11.8. The van der Waals surface area contributed by atoms with E-state index in [1.807, 2.05) is 6.92 Å². The Balaban J connectivity index is 1.13. The number of anilines is 2. The van der Waals surface area contributed by atoms with Crippen molar-refractivity contribution in [2.24, 2.45) is 5.92 Å². The van der Waals surface area contributed by atoms with E-state index in [0.29, 0.717) is 25.1 Å². The van der Waals surface area contributed by atoms with Crippen molar-refractivity contribution in [3.63, 3.8) is 0 Å². The number of alkyl carbamates (subject to hydrolysis) is 1. The summed E-state index contributed by atoms with van der Waals surface area (Å²) in [5.41, 5.74) is -0.524. The highest BCUT2D eigenvalue weighted by Gasteiger charge is 2.41. The van der Waals surface area contributed by atoms with E-state index < -0.39 is 30.0 Å². The molecule has 2 aliphatic heterocycles. The van der Waals surface area contributed by atoms with Crippen LogP contribution in [0.1, 0.15) is 50.1 Å². The summed E-state index contributed by atoms with van der Waals surface area (Å²) in [4.78, 5) is 29.8. The van der Waals surface area contributed by atoms with Gasteiger partial charge in [0.15, 0.2) is 11.5 Å². The highest BCUT2D eigenvalue weighted by molar-refractivity contribution is 5.92. The lowest BCUT2D eigenvalue weighted by atomic mass is 10.1. The van der Waals surface area contributed by atoms with Crippen LogP contribution in [-0.4, -0.2) is 58.5 Å². The van der Waals surface area contributed by atoms with Gasteiger partial charge in [-0.2, -0.15) is 18.3 Å². The van der Waals surface area contributed by atoms with Crippen LogP contribution in [0.15, 0.2) is 24.4 Å². The summed E-state index contributed by atoms with van der Waals surface area (Å²) in [6.45, 7) is 2.67. The molecule has 194 valence electrons. The first kappa shape index (κ1) is 24.3. The zero-order chi connectivity index (χ0) is 25.5. The lowest BCUT2D eigenvalue weighted by molar-refractivity contribution is -0.140. The third kappa shape index (κ3) is 5.40. The molecule has 36 heavy (non-hydrogen) atoms. The number of hydrogen-bond donors (Lipinski definition) is 3. The van der Waals surface area contributed by atoms with Crippen LogP contribution >= 0.6 is 0 Å². The average molecular weight is 509 g/mol. The number of carbonyl (C=O) groups excluding carboxylic acids is 2. The molecule has 5 rings (SSSR count). The molecular weight excluding hydrogens is 481 g/mol. The van der Waals surface area contributed by atoms with Gasteiger partial charge in [-0.1, -0.05) is 0 Å². The van der Waals surface area contributed by atoms with E-state index in [1.165, 1.54) is 17.0 Å². The highest BCUT2D eigenvalue weighted by atomic mass is 19.4. The number of aromatic nitrogens is 3. The average Bonchev–Trinajstić information content (AvgIpc) is 3.28. The minimum atomic E-state index is -4.58. The number of nitrogens with zero attached hydrogens (tertiary/aromatic N) is 3. The van der Waals surface area contributed by atoms with E-state index in [0.717, 1.165) is 19.0 Å². The molecule has 1 saturated carbocycles. The maximum Gasteiger partial charge on any atom is 0.435 e. The van der Waals surface area contributed by atoms with Gasteiger partial charge in [0.2, 0.25) is 5.91 Å². The lowest BCUT2D eigenvalue weighted by Crippen LogP contribution is -2.37. The van der Waals surface area contributed by atoms with Crippen LogP contribution in [0.25, 0.3) is 0 Å². The molecule has 3 N–H and O–H groups in total. The van der Waals surface area contributed by atoms with Crippen LogP contribution in [-0.2, 0) is 20.4 Å². The Morgan fingerprint density at radius 1 is 1.33 bits per heavy atom. The standard InChI is InChI=1S/C23H27F3N6O4/c1-22(5-6-22)29-21(34)36-14-9-17(35-12-14)15-10-18(31-30-15)28-20(33)13-4-8-32(11-13)16-3-2-7-27-19(16)23(24,25)26/h2-3,7,10,13-14,17H,4-6,8-9,11-12H2,1H3,(H,29,34)(H2,28,30,31,33)/t13-,14-,17-/m0/s1. The van der Waals surface area contributed by atoms with Gasteiger partial charge in [0, 0.05) is 37.3 Å². The number of pyridine rings is 1. The molecule has 0 unspecified atom stereocenters. The van der Waals surface area contributed by atoms with Gasteiger partial charge in [-0.05, 0) is 38.3 Å². The number of hydrogen-bond acceptors (Lipinski definition) is 7. The summed E-state index contributed by atoms with van der Waals surface area (Å²) in [5, 5.41) is 12.5. The van der Waals surface area contributed by atoms with Crippen molar-refractivity contribution in [3.8, 4) is 0 Å². The molecule has 0 radical (unpaired) electrons. The second-order valence-corrected chi connectivity index (χ2v) is 9.77. The molecule has 10 nitrogen and oxygen atoms in total. The Labute approximate surface area is 204 Å². The number of aromatic amines is 1. The van der Waals surface area contributed by atoms with Gasteiger partial charge in [0.05, 0.1) is 23.9 Å². The molecule has 3 aliphatic rings. The highest BCUT2D eigenvalue weighted by Crippen LogP contribution is 2.37. The molecule has 3 fully saturated rings. The number of amides is 2. The normalized spacial score (nSPS) is 25.0. The van der Waals surface area contributed by atoms with Crippen molar-refractivity contribution in [3.05, 3.63) is 35.8 Å². The van der Waals surface area contributed by atoms with Crippen molar-refractivity contribution in [1.29, 1.82) is 0 Å². The van der Waals surface area contributed by atoms with E-state index in [2.05, 4.69) is 25.8 Å². The minimum Gasteiger partial charge on any atom is -0.444 e. The van der Waals surface area contributed by atoms with Gasteiger partial charge in [-0.25, -0.2) is 9.78 Å². The molecule has 3 atom stereocenters. The quantitative estimate of drug-likeness (QED) is 0.547. The smallest absolute Gasteiger partial charge is 0.435 e. The molecular formula is C23H27F3N6O4. The summed E-state index contributed by atoms with van der Waals surface area (Å²) in [6, 6.07) is 4.46. The molecule has 1 aliphatic carbocycles. The van der Waals surface area contributed by atoms with E-state index >= 15 is 0 Å². The zero-order valence-corrected chi connectivity index (χ0v) is 19.6. The summed E-state index contributed by atoms with van der Waals surface area (Å²) < 4.78 is 51.1. The van der Waals surface area contributed by atoms with Crippen LogP contribution in [0.3, 0.4) is 0 Å². The number of nitrogens with one attached hydrogen (secondary N) is 3. The second-order valence-electron chi connectivity index (χ2n) is 9.77. The fourth-order valence-corrected chi connectivity index (χ4v) is 4.49.